The van der Waals surface area contributed by atoms with Gasteiger partial charge in [0, 0.05) is 6.07 Å². The van der Waals surface area contributed by atoms with Crippen LogP contribution in [0.5, 0.6) is 5.75 Å². The molecule has 3 rings (SSSR count). The lowest BCUT2D eigenvalue weighted by Crippen LogP contribution is -2.04. The quantitative estimate of drug-likeness (QED) is 0.782. The van der Waals surface area contributed by atoms with E-state index in [4.69, 9.17) is 10.5 Å². The summed E-state index contributed by atoms with van der Waals surface area (Å²) in [6, 6.07) is 9.01. The van der Waals surface area contributed by atoms with Crippen LogP contribution in [-0.4, -0.2) is 16.7 Å². The molecule has 0 bridgehead atoms. The second-order valence-corrected chi connectivity index (χ2v) is 4.23. The van der Waals surface area contributed by atoms with Crippen molar-refractivity contribution in [2.45, 2.75) is 0 Å². The molecule has 0 unspecified atom stereocenters. The van der Waals surface area contributed by atoms with Gasteiger partial charge < -0.3 is 10.5 Å². The molecule has 0 atom stereocenters. The van der Waals surface area contributed by atoms with Crippen molar-refractivity contribution in [2.24, 2.45) is 0 Å². The van der Waals surface area contributed by atoms with Crippen LogP contribution in [0, 0.1) is 11.6 Å². The molecular weight excluding hydrogens is 264 g/mol. The zero-order chi connectivity index (χ0) is 14.3. The first-order valence-electron chi connectivity index (χ1n) is 5.88. The highest BCUT2D eigenvalue weighted by Crippen LogP contribution is 2.28. The minimum Gasteiger partial charge on any atom is -0.497 e. The summed E-state index contributed by atoms with van der Waals surface area (Å²) < 4.78 is 33.8. The number of aromatic nitrogens is 2. The van der Waals surface area contributed by atoms with E-state index in [1.165, 1.54) is 23.8 Å². The van der Waals surface area contributed by atoms with Gasteiger partial charge in [0.1, 0.15) is 5.75 Å². The lowest BCUT2D eigenvalue weighted by Gasteiger charge is -2.08. The van der Waals surface area contributed by atoms with E-state index >= 15 is 0 Å². The molecule has 1 aromatic heterocycles. The summed E-state index contributed by atoms with van der Waals surface area (Å²) >= 11 is 0. The zero-order valence-corrected chi connectivity index (χ0v) is 10.6. The van der Waals surface area contributed by atoms with Crippen molar-refractivity contribution in [1.29, 1.82) is 0 Å². The van der Waals surface area contributed by atoms with E-state index in [0.717, 1.165) is 6.07 Å². The number of halogens is 2. The van der Waals surface area contributed by atoms with Crippen LogP contribution in [0.4, 0.5) is 14.7 Å². The van der Waals surface area contributed by atoms with E-state index in [9.17, 15) is 8.78 Å². The third-order valence-corrected chi connectivity index (χ3v) is 3.06. The Morgan fingerprint density at radius 3 is 2.75 bits per heavy atom. The Kier molecular flexibility index (Phi) is 2.78. The number of rotatable bonds is 2. The first-order valence-corrected chi connectivity index (χ1v) is 5.88. The molecule has 2 aromatic carbocycles. The maximum Gasteiger partial charge on any atom is 0.206 e. The number of nitrogens with zero attached hydrogens (tertiary/aromatic N) is 2. The molecule has 0 aliphatic rings. The van der Waals surface area contributed by atoms with Crippen molar-refractivity contribution in [3.05, 3.63) is 48.0 Å². The van der Waals surface area contributed by atoms with Crippen molar-refractivity contribution in [2.75, 3.05) is 12.8 Å². The average molecular weight is 275 g/mol. The molecule has 0 saturated heterocycles. The smallest absolute Gasteiger partial charge is 0.206 e. The van der Waals surface area contributed by atoms with E-state index in [2.05, 4.69) is 4.98 Å². The normalized spacial score (nSPS) is 10.9. The maximum absolute atomic E-state index is 13.9. The topological polar surface area (TPSA) is 53.1 Å². The molecule has 0 amide bonds. The summed E-state index contributed by atoms with van der Waals surface area (Å²) in [5, 5.41) is 0. The Morgan fingerprint density at radius 2 is 2.00 bits per heavy atom. The minimum absolute atomic E-state index is 0.0123. The van der Waals surface area contributed by atoms with Crippen molar-refractivity contribution < 1.29 is 13.5 Å². The van der Waals surface area contributed by atoms with Gasteiger partial charge in [-0.3, -0.25) is 4.57 Å². The number of nitrogen functional groups attached to an aromatic ring is 1. The third-order valence-electron chi connectivity index (χ3n) is 3.06. The van der Waals surface area contributed by atoms with Crippen LogP contribution >= 0.6 is 0 Å². The molecule has 4 nitrogen and oxygen atoms in total. The Morgan fingerprint density at radius 1 is 1.20 bits per heavy atom. The third kappa shape index (κ3) is 1.77. The molecule has 0 aliphatic heterocycles. The maximum atomic E-state index is 13.9. The van der Waals surface area contributed by atoms with Gasteiger partial charge in [0.05, 0.1) is 23.8 Å². The highest BCUT2D eigenvalue weighted by atomic mass is 19.2. The number of hydrogen-bond donors (Lipinski definition) is 1. The number of anilines is 1. The standard InChI is InChI=1S/C14H11F2N3O/c1-20-8-5-6-10-12(7-8)19(14(17)18-10)11-4-2-3-9(15)13(11)16/h2-7H,1H3,(H2,17,18). The van der Waals surface area contributed by atoms with Gasteiger partial charge in [0.2, 0.25) is 5.95 Å². The van der Waals surface area contributed by atoms with Crippen molar-refractivity contribution in [3.63, 3.8) is 0 Å². The SMILES string of the molecule is COc1ccc2nc(N)n(-c3cccc(F)c3F)c2c1. The molecule has 0 radical (unpaired) electrons. The summed E-state index contributed by atoms with van der Waals surface area (Å²) in [6.45, 7) is 0. The number of hydrogen-bond acceptors (Lipinski definition) is 3. The monoisotopic (exact) mass is 275 g/mol. The van der Waals surface area contributed by atoms with E-state index in [-0.39, 0.29) is 11.6 Å². The van der Waals surface area contributed by atoms with Crippen molar-refractivity contribution in [1.82, 2.24) is 9.55 Å². The fourth-order valence-corrected chi connectivity index (χ4v) is 2.12. The Hall–Kier alpha value is -2.63. The molecule has 20 heavy (non-hydrogen) atoms. The van der Waals surface area contributed by atoms with Crippen LogP contribution in [0.15, 0.2) is 36.4 Å². The lowest BCUT2D eigenvalue weighted by molar-refractivity contribution is 0.415. The van der Waals surface area contributed by atoms with Gasteiger partial charge in [-0.15, -0.1) is 0 Å². The number of benzene rings is 2. The zero-order valence-electron chi connectivity index (χ0n) is 10.6. The molecule has 0 aliphatic carbocycles. The molecule has 3 aromatic rings. The summed E-state index contributed by atoms with van der Waals surface area (Å²) in [5.74, 6) is -1.25. The summed E-state index contributed by atoms with van der Waals surface area (Å²) in [4.78, 5) is 4.13. The van der Waals surface area contributed by atoms with E-state index < -0.39 is 11.6 Å². The lowest BCUT2D eigenvalue weighted by atomic mass is 10.2. The van der Waals surface area contributed by atoms with Gasteiger partial charge in [-0.05, 0) is 24.3 Å². The predicted octanol–water partition coefficient (Wildman–Crippen LogP) is 2.89. The van der Waals surface area contributed by atoms with Crippen LogP contribution < -0.4 is 10.5 Å². The fraction of sp³-hybridized carbons (Fsp3) is 0.0714. The van der Waals surface area contributed by atoms with Gasteiger partial charge in [-0.2, -0.15) is 0 Å². The van der Waals surface area contributed by atoms with Crippen molar-refractivity contribution >= 4 is 17.0 Å². The van der Waals surface area contributed by atoms with Crippen molar-refractivity contribution in [3.8, 4) is 11.4 Å². The molecule has 0 fully saturated rings. The number of imidazole rings is 1. The molecule has 6 heteroatoms. The van der Waals surface area contributed by atoms with E-state index in [1.54, 1.807) is 18.2 Å². The van der Waals surface area contributed by atoms with E-state index in [1.807, 2.05) is 0 Å². The van der Waals surface area contributed by atoms with Crippen LogP contribution in [0.2, 0.25) is 0 Å². The molecule has 0 saturated carbocycles. The Bertz CT molecular complexity index is 798. The first kappa shape index (κ1) is 12.4. The molecular formula is C14H11F2N3O. The van der Waals surface area contributed by atoms with Crippen LogP contribution in [0.3, 0.4) is 0 Å². The summed E-state index contributed by atoms with van der Waals surface area (Å²) in [6.07, 6.45) is 0. The molecule has 102 valence electrons. The number of methoxy groups -OCH3 is 1. The van der Waals surface area contributed by atoms with Gasteiger partial charge >= 0.3 is 0 Å². The molecule has 2 N–H and O–H groups in total. The van der Waals surface area contributed by atoms with Gasteiger partial charge in [-0.25, -0.2) is 13.8 Å². The Labute approximate surface area is 113 Å². The van der Waals surface area contributed by atoms with Gasteiger partial charge in [0.25, 0.3) is 0 Å². The fourth-order valence-electron chi connectivity index (χ4n) is 2.12. The molecule has 0 spiro atoms. The second-order valence-electron chi connectivity index (χ2n) is 4.23. The highest BCUT2D eigenvalue weighted by molar-refractivity contribution is 5.82. The predicted molar refractivity (Wildman–Crippen MR) is 72.0 cm³/mol. The van der Waals surface area contributed by atoms with Gasteiger partial charge in [0.15, 0.2) is 11.6 Å². The highest BCUT2D eigenvalue weighted by Gasteiger charge is 2.16. The van der Waals surface area contributed by atoms with Gasteiger partial charge in [-0.1, -0.05) is 6.07 Å². The van der Waals surface area contributed by atoms with Crippen LogP contribution in [-0.2, 0) is 0 Å². The van der Waals surface area contributed by atoms with Crippen LogP contribution in [0.25, 0.3) is 16.7 Å². The molecule has 1 heterocycles. The summed E-state index contributed by atoms with van der Waals surface area (Å²) in [5.41, 5.74) is 6.95. The average Bonchev–Trinajstić information content (AvgIpc) is 2.77. The number of fused-ring (bicyclic) bond motifs is 1. The van der Waals surface area contributed by atoms with E-state index in [0.29, 0.717) is 16.8 Å². The second kappa shape index (κ2) is 4.48. The number of nitrogens with two attached hydrogens (primary N) is 1. The van der Waals surface area contributed by atoms with Crippen LogP contribution in [0.1, 0.15) is 0 Å². The Balaban J connectivity index is 2.35. The number of ether oxygens (including phenoxy) is 1. The minimum atomic E-state index is -0.971. The largest absolute Gasteiger partial charge is 0.497 e. The summed E-state index contributed by atoms with van der Waals surface area (Å²) in [7, 11) is 1.52. The first-order chi connectivity index (χ1) is 9.61.